The number of hydrogen-bond acceptors (Lipinski definition) is 5. The molecule has 92 valence electrons. The Morgan fingerprint density at radius 3 is 1.60 bits per heavy atom. The Labute approximate surface area is 86.7 Å². The lowest BCUT2D eigenvalue weighted by molar-refractivity contribution is -0.134. The van der Waals surface area contributed by atoms with Gasteiger partial charge in [-0.3, -0.25) is 0 Å². The van der Waals surface area contributed by atoms with E-state index in [1.54, 1.807) is 0 Å². The highest BCUT2D eigenvalue weighted by Crippen LogP contribution is 2.25. The van der Waals surface area contributed by atoms with Crippen molar-refractivity contribution in [2.75, 3.05) is 20.3 Å². The summed E-state index contributed by atoms with van der Waals surface area (Å²) in [6.07, 6.45) is 1.11. The summed E-state index contributed by atoms with van der Waals surface area (Å²) in [6.45, 7) is 2.91. The van der Waals surface area contributed by atoms with Gasteiger partial charge in [-0.2, -0.15) is 0 Å². The van der Waals surface area contributed by atoms with E-state index in [4.69, 9.17) is 29.5 Å². The highest BCUT2D eigenvalue weighted by molar-refractivity contribution is 7.45. The lowest BCUT2D eigenvalue weighted by Gasteiger charge is -1.83. The molecule has 0 aliphatic rings. The molecule has 0 spiro atoms. The molecule has 9 heteroatoms. The van der Waals surface area contributed by atoms with E-state index in [0.29, 0.717) is 0 Å². The molecule has 0 atom stereocenters. The Kier molecular flexibility index (Phi) is 17.4. The summed E-state index contributed by atoms with van der Waals surface area (Å²) in [4.78, 5) is 31.4. The smallest absolute Gasteiger partial charge is 0.466 e. The fourth-order valence-electron chi connectivity index (χ4n) is 0.0833. The van der Waals surface area contributed by atoms with Crippen LogP contribution in [0.3, 0.4) is 0 Å². The molecule has 0 bridgehead atoms. The monoisotopic (exact) mass is 246 g/mol. The number of esters is 1. The molecule has 15 heavy (non-hydrogen) atoms. The second kappa shape index (κ2) is 13.2. The van der Waals surface area contributed by atoms with E-state index in [-0.39, 0.29) is 13.2 Å². The van der Waals surface area contributed by atoms with Crippen molar-refractivity contribution >= 4 is 13.8 Å². The summed E-state index contributed by atoms with van der Waals surface area (Å²) in [5, 5.41) is 15.2. The van der Waals surface area contributed by atoms with Gasteiger partial charge in [0.25, 0.3) is 0 Å². The summed E-state index contributed by atoms with van der Waals surface area (Å²) in [5.41, 5.74) is 0. The molecule has 0 aliphatic carbocycles. The van der Waals surface area contributed by atoms with Crippen molar-refractivity contribution in [1.82, 2.24) is 0 Å². The fraction of sp³-hybridized carbons (Fsp3) is 0.500. The van der Waals surface area contributed by atoms with Gasteiger partial charge in [-0.15, -0.1) is 0 Å². The van der Waals surface area contributed by atoms with E-state index < -0.39 is 13.8 Å². The van der Waals surface area contributed by atoms with Crippen LogP contribution in [0.4, 0.5) is 0 Å². The first-order chi connectivity index (χ1) is 6.72. The van der Waals surface area contributed by atoms with Crippen molar-refractivity contribution in [1.29, 1.82) is 0 Å². The van der Waals surface area contributed by atoms with E-state index in [2.05, 4.69) is 11.3 Å². The van der Waals surface area contributed by atoms with Gasteiger partial charge in [0.15, 0.2) is 0 Å². The molecule has 0 radical (unpaired) electrons. The van der Waals surface area contributed by atoms with Crippen molar-refractivity contribution < 1.29 is 39.0 Å². The molecular formula is C6H15O8P. The van der Waals surface area contributed by atoms with Gasteiger partial charge in [0.2, 0.25) is 0 Å². The molecule has 0 heterocycles. The number of carbonyl (C=O) groups is 1. The van der Waals surface area contributed by atoms with Gasteiger partial charge in [-0.1, -0.05) is 6.58 Å². The minimum Gasteiger partial charge on any atom is -0.466 e. The highest BCUT2D eigenvalue weighted by atomic mass is 31.2. The first kappa shape index (κ1) is 19.8. The topological polar surface area (TPSA) is 145 Å². The van der Waals surface area contributed by atoms with Gasteiger partial charge in [-0.25, -0.2) is 9.36 Å². The van der Waals surface area contributed by atoms with Gasteiger partial charge < -0.3 is 29.6 Å². The van der Waals surface area contributed by atoms with Crippen LogP contribution in [0.1, 0.15) is 0 Å². The van der Waals surface area contributed by atoms with Crippen LogP contribution in [-0.4, -0.2) is 51.2 Å². The minimum atomic E-state index is -4.64. The van der Waals surface area contributed by atoms with Crippen molar-refractivity contribution in [3.8, 4) is 0 Å². The van der Waals surface area contributed by atoms with Gasteiger partial charge in [0, 0.05) is 6.08 Å². The number of aliphatic hydroxyl groups is 2. The molecule has 0 aromatic rings. The van der Waals surface area contributed by atoms with Gasteiger partial charge in [0.05, 0.1) is 20.3 Å². The first-order valence-electron chi connectivity index (χ1n) is 3.43. The third kappa shape index (κ3) is 93.0. The van der Waals surface area contributed by atoms with Crippen LogP contribution in [0.15, 0.2) is 12.7 Å². The summed E-state index contributed by atoms with van der Waals surface area (Å²) in [7, 11) is -3.33. The SMILES string of the molecule is C=CC(=O)OC.O=P(O)(O)O.OCCO. The van der Waals surface area contributed by atoms with Crippen LogP contribution >= 0.6 is 7.82 Å². The van der Waals surface area contributed by atoms with E-state index in [0.717, 1.165) is 6.08 Å². The first-order valence-corrected chi connectivity index (χ1v) is 4.99. The summed E-state index contributed by atoms with van der Waals surface area (Å²) in [5.74, 6) is -0.394. The standard InChI is InChI=1S/C4H6O2.C2H6O2.H3O4P/c1-3-4(5)6-2;3-1-2-4;1-5(2,3)4/h3H,1H2,2H3;3-4H,1-2H2;(H3,1,2,3,4). The Morgan fingerprint density at radius 2 is 1.60 bits per heavy atom. The molecule has 0 rings (SSSR count). The average Bonchev–Trinajstić information content (AvgIpc) is 2.14. The van der Waals surface area contributed by atoms with E-state index >= 15 is 0 Å². The molecule has 0 aromatic carbocycles. The quantitative estimate of drug-likeness (QED) is 0.222. The number of methoxy groups -OCH3 is 1. The van der Waals surface area contributed by atoms with E-state index in [1.807, 2.05) is 0 Å². The van der Waals surface area contributed by atoms with Crippen molar-refractivity contribution in [3.63, 3.8) is 0 Å². The number of phosphoric acid groups is 1. The molecule has 8 nitrogen and oxygen atoms in total. The summed E-state index contributed by atoms with van der Waals surface area (Å²) in [6, 6.07) is 0. The number of hydrogen-bond donors (Lipinski definition) is 5. The number of rotatable bonds is 2. The Hall–Kier alpha value is -0.760. The molecule has 0 saturated heterocycles. The fourth-order valence-corrected chi connectivity index (χ4v) is 0.0833. The van der Waals surface area contributed by atoms with Gasteiger partial charge >= 0.3 is 13.8 Å². The third-order valence-corrected chi connectivity index (χ3v) is 0.468. The molecule has 5 N–H and O–H groups in total. The normalized spacial score (nSPS) is 8.67. The van der Waals surface area contributed by atoms with Crippen molar-refractivity contribution in [2.24, 2.45) is 0 Å². The maximum absolute atomic E-state index is 9.84. The molecule has 0 aromatic heterocycles. The zero-order valence-corrected chi connectivity index (χ0v) is 9.00. The minimum absolute atomic E-state index is 0.125. The lowest BCUT2D eigenvalue weighted by atomic mass is 10.7. The zero-order chi connectivity index (χ0) is 12.9. The third-order valence-electron chi connectivity index (χ3n) is 0.468. The Morgan fingerprint density at radius 1 is 1.33 bits per heavy atom. The molecular weight excluding hydrogens is 231 g/mol. The average molecular weight is 246 g/mol. The van der Waals surface area contributed by atoms with Crippen LogP contribution in [-0.2, 0) is 14.1 Å². The maximum atomic E-state index is 9.84. The van der Waals surface area contributed by atoms with Gasteiger partial charge in [-0.05, 0) is 0 Å². The highest BCUT2D eigenvalue weighted by Gasteiger charge is 2.00. The van der Waals surface area contributed by atoms with Crippen LogP contribution in [0.5, 0.6) is 0 Å². The van der Waals surface area contributed by atoms with Crippen LogP contribution in [0, 0.1) is 0 Å². The predicted octanol–water partition coefficient (Wildman–Crippen LogP) is -1.61. The zero-order valence-electron chi connectivity index (χ0n) is 8.11. The summed E-state index contributed by atoms with van der Waals surface area (Å²) >= 11 is 0. The Balaban J connectivity index is -0.000000147. The van der Waals surface area contributed by atoms with E-state index in [9.17, 15) is 4.79 Å². The number of ether oxygens (including phenoxy) is 1. The van der Waals surface area contributed by atoms with Crippen LogP contribution < -0.4 is 0 Å². The summed E-state index contributed by atoms with van der Waals surface area (Å²) < 4.78 is 13.0. The molecule has 0 saturated carbocycles. The Bertz CT molecular complexity index is 187. The maximum Gasteiger partial charge on any atom is 0.466 e. The molecule has 0 amide bonds. The molecule has 0 unspecified atom stereocenters. The largest absolute Gasteiger partial charge is 0.466 e. The lowest BCUT2D eigenvalue weighted by Crippen LogP contribution is -1.91. The second-order valence-electron chi connectivity index (χ2n) is 1.69. The number of carbonyl (C=O) groups excluding carboxylic acids is 1. The van der Waals surface area contributed by atoms with E-state index in [1.165, 1.54) is 7.11 Å². The van der Waals surface area contributed by atoms with Gasteiger partial charge in [0.1, 0.15) is 0 Å². The molecule has 0 aliphatic heterocycles. The van der Waals surface area contributed by atoms with Crippen LogP contribution in [0.2, 0.25) is 0 Å². The number of aliphatic hydroxyl groups excluding tert-OH is 2. The van der Waals surface area contributed by atoms with Crippen molar-refractivity contribution in [3.05, 3.63) is 12.7 Å². The second-order valence-corrected chi connectivity index (χ2v) is 2.71. The van der Waals surface area contributed by atoms with Crippen LogP contribution in [0.25, 0.3) is 0 Å². The predicted molar refractivity (Wildman–Crippen MR) is 50.6 cm³/mol. The van der Waals surface area contributed by atoms with Crippen molar-refractivity contribution in [2.45, 2.75) is 0 Å². The molecule has 0 fully saturated rings.